The van der Waals surface area contributed by atoms with Crippen LogP contribution in [0.4, 0.5) is 0 Å². The Kier molecular flexibility index (Phi) is 8.14. The van der Waals surface area contributed by atoms with Gasteiger partial charge >= 0.3 is 5.97 Å². The number of aromatic nitrogens is 1. The molecule has 6 nitrogen and oxygen atoms in total. The average molecular weight is 439 g/mol. The first kappa shape index (κ1) is 24.4. The van der Waals surface area contributed by atoms with Crippen molar-refractivity contribution in [2.45, 2.75) is 79.3 Å². The van der Waals surface area contributed by atoms with Crippen LogP contribution in [0.1, 0.15) is 85.0 Å². The summed E-state index contributed by atoms with van der Waals surface area (Å²) in [6.07, 6.45) is 5.07. The van der Waals surface area contributed by atoms with Crippen LogP contribution < -0.4 is 0 Å². The van der Waals surface area contributed by atoms with Gasteiger partial charge in [-0.1, -0.05) is 19.3 Å². The monoisotopic (exact) mass is 438 g/mol. The summed E-state index contributed by atoms with van der Waals surface area (Å²) in [6.45, 7) is 9.73. The fourth-order valence-corrected chi connectivity index (χ4v) is 4.61. The third-order valence-electron chi connectivity index (χ3n) is 6.24. The molecule has 1 aliphatic rings. The fourth-order valence-electron chi connectivity index (χ4n) is 4.50. The van der Waals surface area contributed by atoms with Crippen LogP contribution in [-0.2, 0) is 16.1 Å². The van der Waals surface area contributed by atoms with E-state index in [-0.39, 0.29) is 30.2 Å². The van der Waals surface area contributed by atoms with E-state index in [9.17, 15) is 14.4 Å². The lowest BCUT2D eigenvalue weighted by molar-refractivity contribution is -0.141. The second-order valence-corrected chi connectivity index (χ2v) is 9.10. The van der Waals surface area contributed by atoms with Gasteiger partial charge in [-0.05, 0) is 53.0 Å². The molecule has 30 heavy (non-hydrogen) atoms. The number of nitrogens with zero attached hydrogens (tertiary/aromatic N) is 2. The molecule has 1 saturated carbocycles. The summed E-state index contributed by atoms with van der Waals surface area (Å²) in [4.78, 5) is 40.8. The molecule has 0 unspecified atom stereocenters. The van der Waals surface area contributed by atoms with Crippen molar-refractivity contribution in [1.82, 2.24) is 9.47 Å². The number of methoxy groups -OCH3 is 1. The van der Waals surface area contributed by atoms with Gasteiger partial charge in [-0.3, -0.25) is 9.59 Å². The second-order valence-electron chi connectivity index (χ2n) is 8.84. The Morgan fingerprint density at radius 3 is 2.27 bits per heavy atom. The smallest absolute Gasteiger partial charge is 0.354 e. The van der Waals surface area contributed by atoms with Gasteiger partial charge in [0, 0.05) is 29.7 Å². The summed E-state index contributed by atoms with van der Waals surface area (Å²) in [6, 6.07) is 0.0478. The van der Waals surface area contributed by atoms with Crippen LogP contribution in [0.5, 0.6) is 0 Å². The third-order valence-corrected chi connectivity index (χ3v) is 6.91. The molecule has 0 aliphatic heterocycles. The molecule has 7 heteroatoms. The first-order valence-electron chi connectivity index (χ1n) is 10.8. The Labute approximate surface area is 184 Å². The molecule has 0 saturated heterocycles. The number of alkyl halides is 1. The molecule has 1 aromatic rings. The number of carbonyl (C=O) groups is 3. The molecule has 2 rings (SSSR count). The lowest BCUT2D eigenvalue weighted by atomic mass is 9.89. The van der Waals surface area contributed by atoms with Crippen molar-refractivity contribution < 1.29 is 19.1 Å². The van der Waals surface area contributed by atoms with E-state index in [0.29, 0.717) is 23.4 Å². The van der Waals surface area contributed by atoms with Crippen LogP contribution >= 0.6 is 11.6 Å². The van der Waals surface area contributed by atoms with Crippen LogP contribution in [0.2, 0.25) is 0 Å². The van der Waals surface area contributed by atoms with E-state index in [1.165, 1.54) is 7.11 Å². The van der Waals surface area contributed by atoms with Crippen molar-refractivity contribution in [2.75, 3.05) is 19.5 Å². The summed E-state index contributed by atoms with van der Waals surface area (Å²) in [5, 5.41) is 0. The quantitative estimate of drug-likeness (QED) is 0.340. The zero-order valence-electron chi connectivity index (χ0n) is 19.1. The van der Waals surface area contributed by atoms with Gasteiger partial charge < -0.3 is 14.2 Å². The third kappa shape index (κ3) is 4.74. The Balaban J connectivity index is 2.43. The minimum atomic E-state index is -0.740. The van der Waals surface area contributed by atoms with E-state index in [0.717, 1.165) is 37.8 Å². The first-order chi connectivity index (χ1) is 14.1. The molecule has 1 aromatic heterocycles. The van der Waals surface area contributed by atoms with E-state index >= 15 is 0 Å². The van der Waals surface area contributed by atoms with E-state index in [1.807, 2.05) is 32.3 Å². The van der Waals surface area contributed by atoms with Crippen molar-refractivity contribution in [2.24, 2.45) is 5.41 Å². The maximum atomic E-state index is 13.5. The van der Waals surface area contributed by atoms with Gasteiger partial charge in [-0.25, -0.2) is 4.79 Å². The molecule has 0 radical (unpaired) electrons. The number of esters is 1. The molecule has 1 amide bonds. The van der Waals surface area contributed by atoms with Crippen molar-refractivity contribution in [3.8, 4) is 0 Å². The number of rotatable bonds is 8. The molecular formula is C23H35ClN2O4. The summed E-state index contributed by atoms with van der Waals surface area (Å²) in [5.41, 5.74) is 1.51. The second kappa shape index (κ2) is 9.99. The highest BCUT2D eigenvalue weighted by Gasteiger charge is 2.37. The molecule has 1 aliphatic carbocycles. The molecule has 168 valence electrons. The van der Waals surface area contributed by atoms with Gasteiger partial charge in [0.2, 0.25) is 5.91 Å². The van der Waals surface area contributed by atoms with Crippen molar-refractivity contribution >= 4 is 29.3 Å². The molecule has 1 heterocycles. The number of hydrogen-bond acceptors (Lipinski definition) is 4. The molecular weight excluding hydrogens is 404 g/mol. The number of halogens is 1. The number of ketones is 1. The highest BCUT2D eigenvalue weighted by Crippen LogP contribution is 2.30. The predicted octanol–water partition coefficient (Wildman–Crippen LogP) is 4.52. The maximum Gasteiger partial charge on any atom is 0.354 e. The van der Waals surface area contributed by atoms with Crippen LogP contribution in [-0.4, -0.2) is 52.7 Å². The highest BCUT2D eigenvalue weighted by atomic mass is 35.5. The molecule has 0 bridgehead atoms. The molecule has 0 aromatic carbocycles. The summed E-state index contributed by atoms with van der Waals surface area (Å²) in [5.74, 6) is -0.497. The number of hydrogen-bond donors (Lipinski definition) is 0. The Morgan fingerprint density at radius 2 is 1.77 bits per heavy atom. The van der Waals surface area contributed by atoms with E-state index in [2.05, 4.69) is 0 Å². The van der Waals surface area contributed by atoms with Crippen molar-refractivity contribution in [3.05, 3.63) is 22.5 Å². The maximum absolute atomic E-state index is 13.5. The van der Waals surface area contributed by atoms with Gasteiger partial charge in [0.15, 0.2) is 5.78 Å². The van der Waals surface area contributed by atoms with Gasteiger partial charge in [0.1, 0.15) is 5.69 Å². The van der Waals surface area contributed by atoms with Gasteiger partial charge in [0.05, 0.1) is 19.1 Å². The topological polar surface area (TPSA) is 68.6 Å². The summed E-state index contributed by atoms with van der Waals surface area (Å²) < 4.78 is 6.74. The zero-order valence-corrected chi connectivity index (χ0v) is 19.9. The minimum Gasteiger partial charge on any atom is -0.464 e. The van der Waals surface area contributed by atoms with E-state index in [4.69, 9.17) is 16.3 Å². The minimum absolute atomic E-state index is 0.000160. The lowest BCUT2D eigenvalue weighted by Gasteiger charge is -2.38. The average Bonchev–Trinajstić information content (AvgIpc) is 3.00. The van der Waals surface area contributed by atoms with Gasteiger partial charge in [0.25, 0.3) is 0 Å². The highest BCUT2D eigenvalue weighted by molar-refractivity contribution is 6.20. The number of carbonyl (C=O) groups excluding carboxylic acids is 3. The predicted molar refractivity (Wildman–Crippen MR) is 118 cm³/mol. The number of Topliss-reactive ketones (excluding diaryl/α,β-unsaturated/α-hetero) is 1. The van der Waals surface area contributed by atoms with Crippen LogP contribution in [0.3, 0.4) is 0 Å². The van der Waals surface area contributed by atoms with Crippen molar-refractivity contribution in [3.63, 3.8) is 0 Å². The van der Waals surface area contributed by atoms with Crippen LogP contribution in [0.15, 0.2) is 0 Å². The normalized spacial score (nSPS) is 15.2. The Hall–Kier alpha value is -1.82. The summed E-state index contributed by atoms with van der Waals surface area (Å²) in [7, 11) is 1.34. The molecule has 0 spiro atoms. The first-order valence-corrected chi connectivity index (χ1v) is 11.3. The van der Waals surface area contributed by atoms with Crippen molar-refractivity contribution in [1.29, 1.82) is 0 Å². The Morgan fingerprint density at radius 1 is 1.17 bits per heavy atom. The van der Waals surface area contributed by atoms with Crippen LogP contribution in [0.25, 0.3) is 0 Å². The van der Waals surface area contributed by atoms with Gasteiger partial charge in [-0.2, -0.15) is 0 Å². The largest absolute Gasteiger partial charge is 0.464 e. The van der Waals surface area contributed by atoms with E-state index in [1.54, 1.807) is 11.8 Å². The zero-order chi connectivity index (χ0) is 22.6. The summed E-state index contributed by atoms with van der Waals surface area (Å²) >= 11 is 6.08. The van der Waals surface area contributed by atoms with E-state index < -0.39 is 11.4 Å². The molecule has 0 atom stereocenters. The standard InChI is InChI=1S/C23H35ClN2O4/c1-7-25-16(3)19(15(2)20(25)21(28)30-6)18(27)13-26(17-11-9-8-10-12-17)22(29)23(4,5)14-24/h17H,7-14H2,1-6H3. The lowest BCUT2D eigenvalue weighted by Crippen LogP contribution is -2.50. The fraction of sp³-hybridized carbons (Fsp3) is 0.696. The SMILES string of the molecule is CCn1c(C)c(C(=O)CN(C(=O)C(C)(C)CCl)C2CCCCC2)c(C)c1C(=O)OC. The number of ether oxygens (including phenoxy) is 1. The number of amides is 1. The molecule has 1 fully saturated rings. The molecule has 0 N–H and O–H groups in total. The van der Waals surface area contributed by atoms with Crippen LogP contribution in [0, 0.1) is 19.3 Å². The van der Waals surface area contributed by atoms with Gasteiger partial charge in [-0.15, -0.1) is 11.6 Å². The Bertz CT molecular complexity index is 807.